The molecule has 2 aliphatic heterocycles. The monoisotopic (exact) mass is 291 g/mol. The van der Waals surface area contributed by atoms with Gasteiger partial charge in [-0.15, -0.1) is 0 Å². The lowest BCUT2D eigenvalue weighted by Gasteiger charge is -2.44. The van der Waals surface area contributed by atoms with Gasteiger partial charge in [0.2, 0.25) is 0 Å². The Morgan fingerprint density at radius 1 is 1.35 bits per heavy atom. The lowest BCUT2D eigenvalue weighted by Crippen LogP contribution is -2.54. The number of carboxylic acid groups (broad SMARTS) is 1. The van der Waals surface area contributed by atoms with Crippen molar-refractivity contribution in [3.63, 3.8) is 0 Å². The molecule has 2 heterocycles. The van der Waals surface area contributed by atoms with Gasteiger partial charge in [-0.3, -0.25) is 9.69 Å². The van der Waals surface area contributed by atoms with Crippen molar-refractivity contribution in [3.8, 4) is 0 Å². The summed E-state index contributed by atoms with van der Waals surface area (Å²) in [6, 6.07) is 8.30. The largest absolute Gasteiger partial charge is 0.480 e. The van der Waals surface area contributed by atoms with Gasteiger partial charge in [0, 0.05) is 17.8 Å². The van der Waals surface area contributed by atoms with Crippen LogP contribution in [0, 0.1) is 0 Å². The van der Waals surface area contributed by atoms with Crippen LogP contribution in [0.5, 0.6) is 0 Å². The van der Waals surface area contributed by atoms with Crippen molar-refractivity contribution in [2.75, 3.05) is 5.75 Å². The molecule has 0 radical (unpaired) electrons. The molecule has 0 aromatic heterocycles. The lowest BCUT2D eigenvalue weighted by molar-refractivity contribution is -0.145. The summed E-state index contributed by atoms with van der Waals surface area (Å²) in [7, 11) is 0. The van der Waals surface area contributed by atoms with Crippen LogP contribution in [-0.2, 0) is 17.8 Å². The molecule has 0 spiro atoms. The Morgan fingerprint density at radius 2 is 2.10 bits per heavy atom. The smallest absolute Gasteiger partial charge is 0.321 e. The normalized spacial score (nSPS) is 30.8. The van der Waals surface area contributed by atoms with Gasteiger partial charge >= 0.3 is 5.97 Å². The van der Waals surface area contributed by atoms with Gasteiger partial charge in [0.1, 0.15) is 6.04 Å². The number of hydrogen-bond acceptors (Lipinski definition) is 3. The minimum absolute atomic E-state index is 0.365. The topological polar surface area (TPSA) is 40.5 Å². The Balaban J connectivity index is 1.89. The highest BCUT2D eigenvalue weighted by atomic mass is 32.2. The first-order chi connectivity index (χ1) is 9.66. The highest BCUT2D eigenvalue weighted by Gasteiger charge is 2.38. The fraction of sp³-hybridized carbons (Fsp3) is 0.562. The van der Waals surface area contributed by atoms with E-state index in [9.17, 15) is 9.90 Å². The fourth-order valence-corrected chi connectivity index (χ4v) is 4.68. The van der Waals surface area contributed by atoms with E-state index in [0.717, 1.165) is 13.0 Å². The standard InChI is InChI=1S/C16H21NO2S/c1-11-14(7-4-8-20-11)17-10-13-6-3-2-5-12(13)9-15(17)16(18)19/h2-3,5-6,11,14-15H,4,7-10H2,1H3,(H,18,19). The molecule has 2 aliphatic rings. The third kappa shape index (κ3) is 2.59. The highest BCUT2D eigenvalue weighted by Crippen LogP contribution is 2.34. The van der Waals surface area contributed by atoms with E-state index in [1.54, 1.807) is 0 Å². The van der Waals surface area contributed by atoms with Crippen LogP contribution in [0.15, 0.2) is 24.3 Å². The molecular formula is C16H21NO2S. The van der Waals surface area contributed by atoms with Crippen molar-refractivity contribution < 1.29 is 9.90 Å². The van der Waals surface area contributed by atoms with E-state index in [4.69, 9.17) is 0 Å². The average Bonchev–Trinajstić information content (AvgIpc) is 2.46. The van der Waals surface area contributed by atoms with Crippen molar-refractivity contribution in [3.05, 3.63) is 35.4 Å². The van der Waals surface area contributed by atoms with Crippen molar-refractivity contribution in [2.24, 2.45) is 0 Å². The molecule has 3 atom stereocenters. The third-order valence-corrected chi connectivity index (χ3v) is 5.93. The zero-order valence-electron chi connectivity index (χ0n) is 11.8. The summed E-state index contributed by atoms with van der Waals surface area (Å²) in [6.45, 7) is 3.02. The second-order valence-corrected chi connectivity index (χ2v) is 7.27. The van der Waals surface area contributed by atoms with Crippen molar-refractivity contribution in [1.29, 1.82) is 0 Å². The van der Waals surface area contributed by atoms with Crippen LogP contribution in [-0.4, -0.2) is 39.1 Å². The predicted molar refractivity (Wildman–Crippen MR) is 82.1 cm³/mol. The van der Waals surface area contributed by atoms with E-state index in [1.165, 1.54) is 23.3 Å². The third-order valence-electron chi connectivity index (χ3n) is 4.56. The SMILES string of the molecule is CC1SCCCC1N1Cc2ccccc2CC1C(=O)O. The number of aliphatic carboxylic acids is 1. The summed E-state index contributed by atoms with van der Waals surface area (Å²) in [5.74, 6) is 0.530. The van der Waals surface area contributed by atoms with Crippen LogP contribution in [0.1, 0.15) is 30.9 Å². The number of thioether (sulfide) groups is 1. The lowest BCUT2D eigenvalue weighted by atomic mass is 9.91. The Bertz CT molecular complexity index is 505. The molecule has 1 N–H and O–H groups in total. The van der Waals surface area contributed by atoms with Gasteiger partial charge in [0.15, 0.2) is 0 Å². The number of fused-ring (bicyclic) bond motifs is 1. The average molecular weight is 291 g/mol. The summed E-state index contributed by atoms with van der Waals surface area (Å²) in [4.78, 5) is 13.9. The van der Waals surface area contributed by atoms with Crippen LogP contribution in [0.2, 0.25) is 0 Å². The second-order valence-electron chi connectivity index (χ2n) is 5.78. The van der Waals surface area contributed by atoms with E-state index in [2.05, 4.69) is 30.0 Å². The van der Waals surface area contributed by atoms with Crippen LogP contribution < -0.4 is 0 Å². The number of hydrogen-bond donors (Lipinski definition) is 1. The van der Waals surface area contributed by atoms with Crippen LogP contribution in [0.3, 0.4) is 0 Å². The molecule has 20 heavy (non-hydrogen) atoms. The van der Waals surface area contributed by atoms with Gasteiger partial charge in [0.25, 0.3) is 0 Å². The predicted octanol–water partition coefficient (Wildman–Crippen LogP) is 2.78. The first-order valence-electron chi connectivity index (χ1n) is 7.34. The molecule has 1 fully saturated rings. The molecule has 0 amide bonds. The summed E-state index contributed by atoms with van der Waals surface area (Å²) >= 11 is 1.98. The molecule has 0 saturated carbocycles. The molecular weight excluding hydrogens is 270 g/mol. The Kier molecular flexibility index (Phi) is 4.03. The maximum Gasteiger partial charge on any atom is 0.321 e. The van der Waals surface area contributed by atoms with E-state index >= 15 is 0 Å². The van der Waals surface area contributed by atoms with Crippen molar-refractivity contribution >= 4 is 17.7 Å². The summed E-state index contributed by atoms with van der Waals surface area (Å²) < 4.78 is 0. The summed E-state index contributed by atoms with van der Waals surface area (Å²) in [5.41, 5.74) is 2.50. The first-order valence-corrected chi connectivity index (χ1v) is 8.38. The molecule has 1 aromatic rings. The molecule has 0 bridgehead atoms. The quantitative estimate of drug-likeness (QED) is 0.909. The Labute approximate surface area is 124 Å². The summed E-state index contributed by atoms with van der Waals surface area (Å²) in [5, 5.41) is 10.1. The van der Waals surface area contributed by atoms with Crippen LogP contribution >= 0.6 is 11.8 Å². The van der Waals surface area contributed by atoms with Crippen molar-refractivity contribution in [1.82, 2.24) is 4.90 Å². The maximum absolute atomic E-state index is 11.7. The first kappa shape index (κ1) is 14.0. The van der Waals surface area contributed by atoms with E-state index in [0.29, 0.717) is 17.7 Å². The molecule has 0 aliphatic carbocycles. The van der Waals surface area contributed by atoms with E-state index in [-0.39, 0.29) is 6.04 Å². The Hall–Kier alpha value is -1.00. The number of nitrogens with zero attached hydrogens (tertiary/aromatic N) is 1. The zero-order valence-corrected chi connectivity index (χ0v) is 12.6. The summed E-state index contributed by atoms with van der Waals surface area (Å²) in [6.07, 6.45) is 2.96. The van der Waals surface area contributed by atoms with Crippen LogP contribution in [0.25, 0.3) is 0 Å². The molecule has 4 heteroatoms. The second kappa shape index (κ2) is 5.78. The number of benzene rings is 1. The zero-order chi connectivity index (χ0) is 14.1. The molecule has 3 unspecified atom stereocenters. The van der Waals surface area contributed by atoms with Gasteiger partial charge in [0.05, 0.1) is 0 Å². The molecule has 108 valence electrons. The molecule has 3 rings (SSSR count). The minimum Gasteiger partial charge on any atom is -0.480 e. The number of rotatable bonds is 2. The Morgan fingerprint density at radius 3 is 2.80 bits per heavy atom. The van der Waals surface area contributed by atoms with Crippen LogP contribution in [0.4, 0.5) is 0 Å². The van der Waals surface area contributed by atoms with E-state index < -0.39 is 5.97 Å². The van der Waals surface area contributed by atoms with Gasteiger partial charge in [-0.1, -0.05) is 31.2 Å². The van der Waals surface area contributed by atoms with E-state index in [1.807, 2.05) is 17.8 Å². The van der Waals surface area contributed by atoms with Gasteiger partial charge < -0.3 is 5.11 Å². The minimum atomic E-state index is -0.678. The van der Waals surface area contributed by atoms with Gasteiger partial charge in [-0.25, -0.2) is 0 Å². The van der Waals surface area contributed by atoms with Gasteiger partial charge in [-0.05, 0) is 36.1 Å². The molecule has 1 aromatic carbocycles. The van der Waals surface area contributed by atoms with Crippen molar-refractivity contribution in [2.45, 2.75) is 50.1 Å². The number of carbonyl (C=O) groups is 1. The molecule has 1 saturated heterocycles. The van der Waals surface area contributed by atoms with Gasteiger partial charge in [-0.2, -0.15) is 11.8 Å². The maximum atomic E-state index is 11.7. The number of carboxylic acids is 1. The highest BCUT2D eigenvalue weighted by molar-refractivity contribution is 7.99. The molecule has 3 nitrogen and oxygen atoms in total. The fourth-order valence-electron chi connectivity index (χ4n) is 3.46.